The number of nitrogens with zero attached hydrogens (tertiary/aromatic N) is 1. The summed E-state index contributed by atoms with van der Waals surface area (Å²) in [5.41, 5.74) is -1.14. The van der Waals surface area contributed by atoms with Crippen molar-refractivity contribution in [1.82, 2.24) is 10.2 Å². The van der Waals surface area contributed by atoms with E-state index >= 15 is 0 Å². The van der Waals surface area contributed by atoms with Crippen molar-refractivity contribution >= 4 is 16.9 Å². The molecule has 2 aromatic rings. The predicted molar refractivity (Wildman–Crippen MR) is 52.4 cm³/mol. The van der Waals surface area contributed by atoms with Crippen LogP contribution in [0.1, 0.15) is 16.1 Å². The quantitative estimate of drug-likeness (QED) is 0.783. The second-order valence-corrected chi connectivity index (χ2v) is 3.29. The lowest BCUT2D eigenvalue weighted by Gasteiger charge is -2.08. The molecule has 90 valence electrons. The van der Waals surface area contributed by atoms with Gasteiger partial charge in [0.05, 0.1) is 18.2 Å². The Morgan fingerprint density at radius 3 is 2.71 bits per heavy atom. The van der Waals surface area contributed by atoms with Crippen LogP contribution in [0.15, 0.2) is 18.2 Å². The van der Waals surface area contributed by atoms with Crippen LogP contribution in [-0.2, 0) is 10.9 Å². The number of hydrogen-bond acceptors (Lipinski definition) is 3. The van der Waals surface area contributed by atoms with E-state index in [1.54, 1.807) is 0 Å². The van der Waals surface area contributed by atoms with E-state index in [4.69, 9.17) is 0 Å². The number of ether oxygens (including phenoxy) is 1. The Kier molecular flexibility index (Phi) is 2.53. The molecule has 1 heterocycles. The van der Waals surface area contributed by atoms with Gasteiger partial charge in [0.15, 0.2) is 5.69 Å². The molecule has 0 aliphatic rings. The van der Waals surface area contributed by atoms with E-state index in [2.05, 4.69) is 14.9 Å². The third-order valence-corrected chi connectivity index (χ3v) is 2.27. The third-order valence-electron chi connectivity index (χ3n) is 2.27. The zero-order valence-electron chi connectivity index (χ0n) is 8.63. The van der Waals surface area contributed by atoms with Gasteiger partial charge in [-0.25, -0.2) is 4.79 Å². The van der Waals surface area contributed by atoms with Gasteiger partial charge in [0, 0.05) is 5.39 Å². The summed E-state index contributed by atoms with van der Waals surface area (Å²) in [4.78, 5) is 11.3. The Labute approximate surface area is 93.4 Å². The molecule has 1 aromatic carbocycles. The lowest BCUT2D eigenvalue weighted by molar-refractivity contribution is -0.136. The number of rotatable bonds is 1. The molecular weight excluding hydrogens is 237 g/mol. The van der Waals surface area contributed by atoms with Gasteiger partial charge in [0.2, 0.25) is 0 Å². The molecule has 0 unspecified atom stereocenters. The summed E-state index contributed by atoms with van der Waals surface area (Å²) in [6, 6.07) is 3.54. The molecule has 0 bridgehead atoms. The summed E-state index contributed by atoms with van der Waals surface area (Å²) in [7, 11) is 1.08. The van der Waals surface area contributed by atoms with Crippen molar-refractivity contribution in [2.75, 3.05) is 7.11 Å². The Morgan fingerprint density at radius 2 is 2.12 bits per heavy atom. The summed E-state index contributed by atoms with van der Waals surface area (Å²) in [5.74, 6) is -0.909. The number of benzene rings is 1. The Hall–Kier alpha value is -2.05. The molecule has 1 N–H and O–H groups in total. The summed E-state index contributed by atoms with van der Waals surface area (Å²) in [6.07, 6.45) is -4.55. The standard InChI is InChI=1S/C10H7F3N2O2/c1-17-9(16)8-7-5(10(11,12)13)3-2-4-6(7)14-15-8/h2-4H,1H3,(H,14,15). The molecule has 0 amide bonds. The first-order valence-corrected chi connectivity index (χ1v) is 4.57. The number of halogens is 3. The first-order chi connectivity index (χ1) is 7.95. The fourth-order valence-electron chi connectivity index (χ4n) is 1.55. The normalized spacial score (nSPS) is 11.8. The number of fused-ring (bicyclic) bond motifs is 1. The van der Waals surface area contributed by atoms with E-state index in [9.17, 15) is 18.0 Å². The largest absolute Gasteiger partial charge is 0.464 e. The lowest BCUT2D eigenvalue weighted by Crippen LogP contribution is -2.09. The van der Waals surface area contributed by atoms with Gasteiger partial charge in [-0.2, -0.15) is 18.3 Å². The van der Waals surface area contributed by atoms with Crippen LogP contribution >= 0.6 is 0 Å². The lowest BCUT2D eigenvalue weighted by atomic mass is 10.1. The fourth-order valence-corrected chi connectivity index (χ4v) is 1.55. The second kappa shape index (κ2) is 3.76. The predicted octanol–water partition coefficient (Wildman–Crippen LogP) is 2.37. The number of H-pyrrole nitrogens is 1. The van der Waals surface area contributed by atoms with Crippen molar-refractivity contribution in [3.05, 3.63) is 29.5 Å². The van der Waals surface area contributed by atoms with Gasteiger partial charge in [-0.3, -0.25) is 5.10 Å². The van der Waals surface area contributed by atoms with Crippen LogP contribution in [0.5, 0.6) is 0 Å². The van der Waals surface area contributed by atoms with Crippen molar-refractivity contribution in [2.24, 2.45) is 0 Å². The van der Waals surface area contributed by atoms with Crippen LogP contribution < -0.4 is 0 Å². The van der Waals surface area contributed by atoms with E-state index in [1.807, 2.05) is 0 Å². The van der Waals surface area contributed by atoms with Crippen LogP contribution in [-0.4, -0.2) is 23.3 Å². The minimum Gasteiger partial charge on any atom is -0.464 e. The number of esters is 1. The second-order valence-electron chi connectivity index (χ2n) is 3.29. The van der Waals surface area contributed by atoms with E-state index in [1.165, 1.54) is 12.1 Å². The van der Waals surface area contributed by atoms with Crippen LogP contribution in [0.2, 0.25) is 0 Å². The summed E-state index contributed by atoms with van der Waals surface area (Å²) < 4.78 is 42.6. The van der Waals surface area contributed by atoms with Gasteiger partial charge >= 0.3 is 12.1 Å². The highest BCUT2D eigenvalue weighted by atomic mass is 19.4. The van der Waals surface area contributed by atoms with Crippen LogP contribution in [0.3, 0.4) is 0 Å². The first kappa shape index (κ1) is 11.4. The molecule has 0 radical (unpaired) electrons. The van der Waals surface area contributed by atoms with Crippen molar-refractivity contribution in [3.63, 3.8) is 0 Å². The molecule has 4 nitrogen and oxygen atoms in total. The fraction of sp³-hybridized carbons (Fsp3) is 0.200. The summed E-state index contributed by atoms with van der Waals surface area (Å²) in [5, 5.41) is 5.63. The highest BCUT2D eigenvalue weighted by Crippen LogP contribution is 2.35. The van der Waals surface area contributed by atoms with E-state index < -0.39 is 17.7 Å². The molecule has 0 aliphatic carbocycles. The summed E-state index contributed by atoms with van der Waals surface area (Å²) in [6.45, 7) is 0. The molecule has 0 spiro atoms. The maximum atomic E-state index is 12.7. The van der Waals surface area contributed by atoms with Crippen LogP contribution in [0.4, 0.5) is 13.2 Å². The van der Waals surface area contributed by atoms with Gasteiger partial charge in [0.25, 0.3) is 0 Å². The number of aromatic nitrogens is 2. The average Bonchev–Trinajstić information content (AvgIpc) is 2.70. The molecule has 0 atom stereocenters. The Balaban J connectivity index is 2.77. The van der Waals surface area contributed by atoms with Gasteiger partial charge < -0.3 is 4.74 Å². The van der Waals surface area contributed by atoms with Gasteiger partial charge in [0.1, 0.15) is 0 Å². The Morgan fingerprint density at radius 1 is 1.41 bits per heavy atom. The number of methoxy groups -OCH3 is 1. The molecule has 0 aliphatic heterocycles. The SMILES string of the molecule is COC(=O)c1n[nH]c2cccc(C(F)(F)F)c12. The molecule has 0 fully saturated rings. The number of aromatic amines is 1. The zero-order valence-corrected chi connectivity index (χ0v) is 8.63. The average molecular weight is 244 g/mol. The third kappa shape index (κ3) is 1.83. The van der Waals surface area contributed by atoms with Gasteiger partial charge in [-0.1, -0.05) is 6.07 Å². The molecule has 17 heavy (non-hydrogen) atoms. The number of alkyl halides is 3. The van der Waals surface area contributed by atoms with Gasteiger partial charge in [-0.05, 0) is 12.1 Å². The molecule has 1 aromatic heterocycles. The number of carbonyl (C=O) groups excluding carboxylic acids is 1. The first-order valence-electron chi connectivity index (χ1n) is 4.57. The molecule has 0 saturated heterocycles. The highest BCUT2D eigenvalue weighted by Gasteiger charge is 2.35. The van der Waals surface area contributed by atoms with Crippen LogP contribution in [0.25, 0.3) is 10.9 Å². The minimum atomic E-state index is -4.55. The highest BCUT2D eigenvalue weighted by molar-refractivity contribution is 6.03. The monoisotopic (exact) mass is 244 g/mol. The van der Waals surface area contributed by atoms with E-state index in [0.717, 1.165) is 13.2 Å². The molecule has 2 rings (SSSR count). The maximum Gasteiger partial charge on any atom is 0.417 e. The van der Waals surface area contributed by atoms with E-state index in [-0.39, 0.29) is 16.6 Å². The van der Waals surface area contributed by atoms with E-state index in [0.29, 0.717) is 0 Å². The van der Waals surface area contributed by atoms with Crippen molar-refractivity contribution in [3.8, 4) is 0 Å². The van der Waals surface area contributed by atoms with Crippen molar-refractivity contribution < 1.29 is 22.7 Å². The molecular formula is C10H7F3N2O2. The van der Waals surface area contributed by atoms with Crippen molar-refractivity contribution in [2.45, 2.75) is 6.18 Å². The van der Waals surface area contributed by atoms with Gasteiger partial charge in [-0.15, -0.1) is 0 Å². The number of nitrogens with one attached hydrogen (secondary N) is 1. The maximum absolute atomic E-state index is 12.7. The number of hydrogen-bond donors (Lipinski definition) is 1. The molecule has 0 saturated carbocycles. The number of carbonyl (C=O) groups is 1. The smallest absolute Gasteiger partial charge is 0.417 e. The minimum absolute atomic E-state index is 0.139. The Bertz CT molecular complexity index is 574. The molecule has 7 heteroatoms. The van der Waals surface area contributed by atoms with Crippen LogP contribution in [0, 0.1) is 0 Å². The van der Waals surface area contributed by atoms with Crippen molar-refractivity contribution in [1.29, 1.82) is 0 Å². The topological polar surface area (TPSA) is 55.0 Å². The zero-order chi connectivity index (χ0) is 12.6. The summed E-state index contributed by atoms with van der Waals surface area (Å²) >= 11 is 0.